The monoisotopic (exact) mass is 277 g/mol. The SMILES string of the molecule is CC1CCC(C(N)=O)CN1c1ccc(C(=O)O)c(N)c1. The number of benzene rings is 1. The van der Waals surface area contributed by atoms with Crippen LogP contribution >= 0.6 is 0 Å². The Labute approximate surface area is 117 Å². The molecule has 0 spiro atoms. The fourth-order valence-electron chi connectivity index (χ4n) is 2.62. The van der Waals surface area contributed by atoms with Crippen LogP contribution in [0.25, 0.3) is 0 Å². The second kappa shape index (κ2) is 5.40. The van der Waals surface area contributed by atoms with E-state index in [4.69, 9.17) is 16.6 Å². The zero-order valence-electron chi connectivity index (χ0n) is 11.4. The zero-order valence-corrected chi connectivity index (χ0v) is 11.4. The van der Waals surface area contributed by atoms with Crippen LogP contribution in [0.15, 0.2) is 18.2 Å². The van der Waals surface area contributed by atoms with Crippen molar-refractivity contribution in [2.75, 3.05) is 17.2 Å². The Hall–Kier alpha value is -2.24. The minimum Gasteiger partial charge on any atom is -0.478 e. The molecule has 108 valence electrons. The zero-order chi connectivity index (χ0) is 14.9. The summed E-state index contributed by atoms with van der Waals surface area (Å²) in [6, 6.07) is 5.12. The lowest BCUT2D eigenvalue weighted by atomic mass is 9.92. The summed E-state index contributed by atoms with van der Waals surface area (Å²) in [4.78, 5) is 24.4. The molecular formula is C14H19N3O3. The van der Waals surface area contributed by atoms with Crippen LogP contribution in [0.4, 0.5) is 11.4 Å². The number of carboxylic acids is 1. The van der Waals surface area contributed by atoms with Gasteiger partial charge < -0.3 is 21.5 Å². The fraction of sp³-hybridized carbons (Fsp3) is 0.429. The fourth-order valence-corrected chi connectivity index (χ4v) is 2.62. The van der Waals surface area contributed by atoms with Gasteiger partial charge in [0.15, 0.2) is 0 Å². The third-order valence-electron chi connectivity index (χ3n) is 3.88. The molecule has 1 saturated heterocycles. The van der Waals surface area contributed by atoms with Crippen molar-refractivity contribution in [2.24, 2.45) is 11.7 Å². The molecule has 1 aromatic carbocycles. The number of hydrogen-bond acceptors (Lipinski definition) is 4. The summed E-state index contributed by atoms with van der Waals surface area (Å²) in [6.07, 6.45) is 1.66. The number of anilines is 2. The molecule has 0 aliphatic carbocycles. The number of nitrogens with two attached hydrogens (primary N) is 2. The van der Waals surface area contributed by atoms with Gasteiger partial charge in [-0.15, -0.1) is 0 Å². The van der Waals surface area contributed by atoms with E-state index in [2.05, 4.69) is 11.8 Å². The van der Waals surface area contributed by atoms with Crippen LogP contribution in [0.3, 0.4) is 0 Å². The molecule has 2 atom stereocenters. The third-order valence-corrected chi connectivity index (χ3v) is 3.88. The summed E-state index contributed by atoms with van der Waals surface area (Å²) in [6.45, 7) is 2.61. The van der Waals surface area contributed by atoms with Crippen LogP contribution in [0.5, 0.6) is 0 Å². The van der Waals surface area contributed by atoms with Gasteiger partial charge in [-0.3, -0.25) is 4.79 Å². The maximum absolute atomic E-state index is 11.3. The van der Waals surface area contributed by atoms with Gasteiger partial charge in [0.2, 0.25) is 5.91 Å². The quantitative estimate of drug-likeness (QED) is 0.715. The van der Waals surface area contributed by atoms with Crippen LogP contribution in [0.1, 0.15) is 30.1 Å². The molecule has 0 saturated carbocycles. The Balaban J connectivity index is 2.27. The van der Waals surface area contributed by atoms with Gasteiger partial charge in [-0.05, 0) is 38.0 Å². The van der Waals surface area contributed by atoms with Crippen LogP contribution in [-0.2, 0) is 4.79 Å². The van der Waals surface area contributed by atoms with Crippen molar-refractivity contribution in [2.45, 2.75) is 25.8 Å². The molecule has 5 N–H and O–H groups in total. The molecule has 20 heavy (non-hydrogen) atoms. The van der Waals surface area contributed by atoms with E-state index in [0.717, 1.165) is 18.5 Å². The van der Waals surface area contributed by atoms with Gasteiger partial charge in [0.05, 0.1) is 11.5 Å². The molecule has 1 heterocycles. The molecule has 0 bridgehead atoms. The number of nitrogens with zero attached hydrogens (tertiary/aromatic N) is 1. The molecule has 0 aromatic heterocycles. The van der Waals surface area contributed by atoms with Gasteiger partial charge in [0, 0.05) is 24.0 Å². The number of hydrogen-bond donors (Lipinski definition) is 3. The van der Waals surface area contributed by atoms with Crippen molar-refractivity contribution in [3.8, 4) is 0 Å². The number of carboxylic acid groups (broad SMARTS) is 1. The van der Waals surface area contributed by atoms with Crippen molar-refractivity contribution >= 4 is 23.3 Å². The molecule has 6 nitrogen and oxygen atoms in total. The third kappa shape index (κ3) is 2.68. The number of aromatic carboxylic acids is 1. The van der Waals surface area contributed by atoms with E-state index in [0.29, 0.717) is 6.54 Å². The summed E-state index contributed by atoms with van der Waals surface area (Å²) in [5.74, 6) is -1.51. The van der Waals surface area contributed by atoms with Crippen molar-refractivity contribution in [3.63, 3.8) is 0 Å². The highest BCUT2D eigenvalue weighted by Gasteiger charge is 2.29. The number of nitrogen functional groups attached to an aromatic ring is 1. The van der Waals surface area contributed by atoms with Gasteiger partial charge in [-0.1, -0.05) is 0 Å². The largest absolute Gasteiger partial charge is 0.478 e. The Morgan fingerprint density at radius 1 is 1.35 bits per heavy atom. The molecule has 1 aliphatic heterocycles. The average Bonchev–Trinajstić information content (AvgIpc) is 2.38. The average molecular weight is 277 g/mol. The Morgan fingerprint density at radius 2 is 2.05 bits per heavy atom. The maximum Gasteiger partial charge on any atom is 0.337 e. The molecule has 1 fully saturated rings. The Bertz CT molecular complexity index is 544. The van der Waals surface area contributed by atoms with E-state index in [-0.39, 0.29) is 29.1 Å². The molecule has 1 aromatic rings. The standard InChI is InChI=1S/C14H19N3O3/c1-8-2-3-9(13(16)18)7-17(8)10-4-5-11(14(19)20)12(15)6-10/h4-6,8-9H,2-3,7,15H2,1H3,(H2,16,18)(H,19,20). The highest BCUT2D eigenvalue weighted by atomic mass is 16.4. The minimum atomic E-state index is -1.05. The van der Waals surface area contributed by atoms with E-state index < -0.39 is 5.97 Å². The summed E-state index contributed by atoms with van der Waals surface area (Å²) < 4.78 is 0. The van der Waals surface area contributed by atoms with E-state index in [1.807, 2.05) is 0 Å². The Morgan fingerprint density at radius 3 is 2.60 bits per heavy atom. The first kappa shape index (κ1) is 14.2. The first-order valence-electron chi connectivity index (χ1n) is 6.59. The van der Waals surface area contributed by atoms with Gasteiger partial charge in [-0.25, -0.2) is 4.79 Å². The van der Waals surface area contributed by atoms with Crippen molar-refractivity contribution in [3.05, 3.63) is 23.8 Å². The lowest BCUT2D eigenvalue weighted by molar-refractivity contribution is -0.122. The second-order valence-electron chi connectivity index (χ2n) is 5.25. The number of rotatable bonds is 3. The molecule has 2 unspecified atom stereocenters. The van der Waals surface area contributed by atoms with Crippen LogP contribution in [0.2, 0.25) is 0 Å². The smallest absolute Gasteiger partial charge is 0.337 e. The molecule has 1 amide bonds. The molecule has 6 heteroatoms. The predicted octanol–water partition coefficient (Wildman–Crippen LogP) is 1.06. The number of primary amides is 1. The van der Waals surface area contributed by atoms with Crippen molar-refractivity contribution in [1.82, 2.24) is 0 Å². The molecule has 2 rings (SSSR count). The van der Waals surface area contributed by atoms with Gasteiger partial charge in [0.1, 0.15) is 0 Å². The molecular weight excluding hydrogens is 258 g/mol. The van der Waals surface area contributed by atoms with E-state index in [9.17, 15) is 9.59 Å². The first-order valence-corrected chi connectivity index (χ1v) is 6.59. The summed E-state index contributed by atoms with van der Waals surface area (Å²) in [5.41, 5.74) is 12.3. The van der Waals surface area contributed by atoms with Crippen molar-refractivity contribution in [1.29, 1.82) is 0 Å². The van der Waals surface area contributed by atoms with Crippen LogP contribution < -0.4 is 16.4 Å². The number of carbonyl (C=O) groups excluding carboxylic acids is 1. The lowest BCUT2D eigenvalue weighted by Gasteiger charge is -2.38. The van der Waals surface area contributed by atoms with Crippen molar-refractivity contribution < 1.29 is 14.7 Å². The molecule has 0 radical (unpaired) electrons. The maximum atomic E-state index is 11.3. The molecule has 1 aliphatic rings. The van der Waals surface area contributed by atoms with Gasteiger partial charge >= 0.3 is 5.97 Å². The van der Waals surface area contributed by atoms with E-state index in [1.165, 1.54) is 6.07 Å². The van der Waals surface area contributed by atoms with Crippen LogP contribution in [-0.4, -0.2) is 29.6 Å². The highest BCUT2D eigenvalue weighted by molar-refractivity contribution is 5.94. The summed E-state index contributed by atoms with van der Waals surface area (Å²) in [7, 11) is 0. The Kier molecular flexibility index (Phi) is 3.83. The lowest BCUT2D eigenvalue weighted by Crippen LogP contribution is -2.45. The van der Waals surface area contributed by atoms with E-state index in [1.54, 1.807) is 12.1 Å². The van der Waals surface area contributed by atoms with Gasteiger partial charge in [0.25, 0.3) is 0 Å². The van der Waals surface area contributed by atoms with Gasteiger partial charge in [-0.2, -0.15) is 0 Å². The number of amides is 1. The first-order chi connectivity index (χ1) is 9.40. The summed E-state index contributed by atoms with van der Waals surface area (Å²) in [5, 5.41) is 8.98. The number of carbonyl (C=O) groups is 2. The van der Waals surface area contributed by atoms with E-state index >= 15 is 0 Å². The van der Waals surface area contributed by atoms with Crippen LogP contribution in [0, 0.1) is 5.92 Å². The number of piperidine rings is 1. The highest BCUT2D eigenvalue weighted by Crippen LogP contribution is 2.29. The normalized spacial score (nSPS) is 22.6. The minimum absolute atomic E-state index is 0.0878. The summed E-state index contributed by atoms with van der Waals surface area (Å²) >= 11 is 0. The topological polar surface area (TPSA) is 110 Å². The second-order valence-corrected chi connectivity index (χ2v) is 5.25. The predicted molar refractivity (Wildman–Crippen MR) is 76.5 cm³/mol.